The van der Waals surface area contributed by atoms with E-state index >= 15 is 0 Å². The molecule has 32 heavy (non-hydrogen) atoms. The van der Waals surface area contributed by atoms with Crippen LogP contribution in [-0.4, -0.2) is 12.1 Å². The minimum absolute atomic E-state index is 0.115. The van der Waals surface area contributed by atoms with Crippen molar-refractivity contribution in [1.82, 2.24) is 5.43 Å². The Morgan fingerprint density at radius 3 is 2.44 bits per heavy atom. The first kappa shape index (κ1) is 21.2. The van der Waals surface area contributed by atoms with E-state index in [0.29, 0.717) is 17.9 Å². The highest BCUT2D eigenvalue weighted by molar-refractivity contribution is 6.02. The molecule has 0 aliphatic heterocycles. The molecule has 4 aromatic carbocycles. The van der Waals surface area contributed by atoms with Crippen molar-refractivity contribution in [2.75, 3.05) is 0 Å². The van der Waals surface area contributed by atoms with Gasteiger partial charge in [-0.1, -0.05) is 72.3 Å². The number of amides is 1. The van der Waals surface area contributed by atoms with E-state index in [0.717, 1.165) is 21.9 Å². The first-order valence-corrected chi connectivity index (χ1v) is 10.3. The number of hydrogen-bond acceptors (Lipinski definition) is 3. The summed E-state index contributed by atoms with van der Waals surface area (Å²) in [6, 6.07) is 25.9. The van der Waals surface area contributed by atoms with Gasteiger partial charge in [0.2, 0.25) is 5.91 Å². The van der Waals surface area contributed by atoms with Crippen molar-refractivity contribution in [3.8, 4) is 5.75 Å². The van der Waals surface area contributed by atoms with Gasteiger partial charge in [-0.25, -0.2) is 9.82 Å². The standard InChI is InChI=1S/C27H23FN2O2/c1-19-6-8-21(9-7-19)18-32-26-15-12-22-4-2-3-5-24(22)25(26)17-29-30-27(31)16-20-10-13-23(28)14-11-20/h2-15,17H,16,18H2,1H3,(H,30,31)/b29-17+. The summed E-state index contributed by atoms with van der Waals surface area (Å²) in [4.78, 5) is 12.2. The molecule has 0 bridgehead atoms. The molecule has 0 atom stereocenters. The lowest BCUT2D eigenvalue weighted by Crippen LogP contribution is -2.19. The summed E-state index contributed by atoms with van der Waals surface area (Å²) in [5.74, 6) is 0.0670. The smallest absolute Gasteiger partial charge is 0.244 e. The van der Waals surface area contributed by atoms with Crippen LogP contribution in [0.4, 0.5) is 4.39 Å². The van der Waals surface area contributed by atoms with Crippen LogP contribution in [-0.2, 0) is 17.8 Å². The number of ether oxygens (including phenoxy) is 1. The van der Waals surface area contributed by atoms with Crippen molar-refractivity contribution in [1.29, 1.82) is 0 Å². The van der Waals surface area contributed by atoms with E-state index in [4.69, 9.17) is 4.74 Å². The third-order valence-corrected chi connectivity index (χ3v) is 5.11. The van der Waals surface area contributed by atoms with Crippen LogP contribution in [0, 0.1) is 12.7 Å². The van der Waals surface area contributed by atoms with Gasteiger partial charge < -0.3 is 4.74 Å². The molecule has 0 unspecified atom stereocenters. The van der Waals surface area contributed by atoms with Crippen LogP contribution in [0.1, 0.15) is 22.3 Å². The number of nitrogens with zero attached hydrogens (tertiary/aromatic N) is 1. The topological polar surface area (TPSA) is 50.7 Å². The molecule has 0 heterocycles. The van der Waals surface area contributed by atoms with Crippen LogP contribution in [0.5, 0.6) is 5.75 Å². The van der Waals surface area contributed by atoms with Gasteiger partial charge in [0.15, 0.2) is 0 Å². The Balaban J connectivity index is 1.51. The number of carbonyl (C=O) groups is 1. The fourth-order valence-corrected chi connectivity index (χ4v) is 3.38. The number of hydrazone groups is 1. The van der Waals surface area contributed by atoms with Gasteiger partial charge in [-0.3, -0.25) is 4.79 Å². The van der Waals surface area contributed by atoms with Crippen molar-refractivity contribution >= 4 is 22.9 Å². The zero-order valence-corrected chi connectivity index (χ0v) is 17.7. The summed E-state index contributed by atoms with van der Waals surface area (Å²) in [7, 11) is 0. The maximum absolute atomic E-state index is 13.0. The summed E-state index contributed by atoms with van der Waals surface area (Å²) >= 11 is 0. The van der Waals surface area contributed by atoms with Crippen LogP contribution in [0.15, 0.2) is 90.0 Å². The average Bonchev–Trinajstić information content (AvgIpc) is 2.81. The quantitative estimate of drug-likeness (QED) is 0.311. The van der Waals surface area contributed by atoms with Gasteiger partial charge in [0.25, 0.3) is 0 Å². The first-order chi connectivity index (χ1) is 15.6. The van der Waals surface area contributed by atoms with Crippen LogP contribution < -0.4 is 10.2 Å². The maximum Gasteiger partial charge on any atom is 0.244 e. The molecule has 0 radical (unpaired) electrons. The Morgan fingerprint density at radius 1 is 0.938 bits per heavy atom. The number of hydrogen-bond donors (Lipinski definition) is 1. The van der Waals surface area contributed by atoms with Gasteiger partial charge in [-0.2, -0.15) is 5.10 Å². The lowest BCUT2D eigenvalue weighted by molar-refractivity contribution is -0.120. The molecule has 0 spiro atoms. The van der Waals surface area contributed by atoms with Crippen LogP contribution in [0.25, 0.3) is 10.8 Å². The van der Waals surface area contributed by atoms with Gasteiger partial charge in [0.1, 0.15) is 18.2 Å². The second-order valence-electron chi connectivity index (χ2n) is 7.57. The summed E-state index contributed by atoms with van der Waals surface area (Å²) < 4.78 is 19.1. The molecule has 0 aromatic heterocycles. The molecule has 0 aliphatic rings. The van der Waals surface area contributed by atoms with Crippen LogP contribution >= 0.6 is 0 Å². The molecule has 160 valence electrons. The number of carbonyl (C=O) groups excluding carboxylic acids is 1. The minimum Gasteiger partial charge on any atom is -0.488 e. The summed E-state index contributed by atoms with van der Waals surface area (Å²) in [6.45, 7) is 2.48. The minimum atomic E-state index is -0.332. The Bertz CT molecular complexity index is 1250. The van der Waals surface area contributed by atoms with Gasteiger partial charge in [-0.15, -0.1) is 0 Å². The molecule has 4 aromatic rings. The second-order valence-corrected chi connectivity index (χ2v) is 7.57. The Kier molecular flexibility index (Phi) is 6.56. The summed E-state index contributed by atoms with van der Waals surface area (Å²) in [5, 5.41) is 6.18. The van der Waals surface area contributed by atoms with E-state index < -0.39 is 0 Å². The van der Waals surface area contributed by atoms with E-state index in [9.17, 15) is 9.18 Å². The molecule has 0 saturated heterocycles. The van der Waals surface area contributed by atoms with Gasteiger partial charge in [-0.05, 0) is 47.0 Å². The molecule has 4 rings (SSSR count). The lowest BCUT2D eigenvalue weighted by Gasteiger charge is -2.12. The lowest BCUT2D eigenvalue weighted by atomic mass is 10.0. The highest BCUT2D eigenvalue weighted by Crippen LogP contribution is 2.27. The molecular formula is C27H23FN2O2. The number of fused-ring (bicyclic) bond motifs is 1. The van der Waals surface area contributed by atoms with Crippen molar-refractivity contribution in [3.63, 3.8) is 0 Å². The van der Waals surface area contributed by atoms with E-state index in [2.05, 4.69) is 22.7 Å². The SMILES string of the molecule is Cc1ccc(COc2ccc3ccccc3c2/C=N/NC(=O)Cc2ccc(F)cc2)cc1. The third-order valence-electron chi connectivity index (χ3n) is 5.11. The van der Waals surface area contributed by atoms with Crippen LogP contribution in [0.2, 0.25) is 0 Å². The number of aryl methyl sites for hydroxylation is 1. The molecule has 0 fully saturated rings. The van der Waals surface area contributed by atoms with Crippen molar-refractivity contribution < 1.29 is 13.9 Å². The number of benzene rings is 4. The molecular weight excluding hydrogens is 403 g/mol. The average molecular weight is 426 g/mol. The fourth-order valence-electron chi connectivity index (χ4n) is 3.38. The highest BCUT2D eigenvalue weighted by atomic mass is 19.1. The monoisotopic (exact) mass is 426 g/mol. The van der Waals surface area contributed by atoms with Gasteiger partial charge in [0, 0.05) is 5.56 Å². The Hall–Kier alpha value is -3.99. The normalized spacial score (nSPS) is 11.1. The second kappa shape index (κ2) is 9.88. The van der Waals surface area contributed by atoms with Crippen molar-refractivity contribution in [3.05, 3.63) is 113 Å². The van der Waals surface area contributed by atoms with Crippen molar-refractivity contribution in [2.45, 2.75) is 20.0 Å². The summed E-state index contributed by atoms with van der Waals surface area (Å²) in [5.41, 5.74) is 6.32. The highest BCUT2D eigenvalue weighted by Gasteiger charge is 2.08. The van der Waals surface area contributed by atoms with Crippen molar-refractivity contribution in [2.24, 2.45) is 5.10 Å². The van der Waals surface area contributed by atoms with Gasteiger partial charge in [0.05, 0.1) is 12.6 Å². The number of nitrogens with one attached hydrogen (secondary N) is 1. The van der Waals surface area contributed by atoms with Gasteiger partial charge >= 0.3 is 0 Å². The molecule has 0 saturated carbocycles. The number of halogens is 1. The maximum atomic E-state index is 13.0. The summed E-state index contributed by atoms with van der Waals surface area (Å²) in [6.07, 6.45) is 1.72. The van der Waals surface area contributed by atoms with Crippen LogP contribution in [0.3, 0.4) is 0 Å². The molecule has 0 aliphatic carbocycles. The predicted octanol–water partition coefficient (Wildman–Crippen LogP) is 5.56. The van der Waals surface area contributed by atoms with E-state index in [1.54, 1.807) is 18.3 Å². The van der Waals surface area contributed by atoms with E-state index in [-0.39, 0.29) is 18.1 Å². The fraction of sp³-hybridized carbons (Fsp3) is 0.111. The molecule has 1 amide bonds. The zero-order valence-electron chi connectivity index (χ0n) is 17.7. The predicted molar refractivity (Wildman–Crippen MR) is 125 cm³/mol. The van der Waals surface area contributed by atoms with E-state index in [1.807, 2.05) is 55.5 Å². The largest absolute Gasteiger partial charge is 0.488 e. The molecule has 4 nitrogen and oxygen atoms in total. The Labute approximate surface area is 186 Å². The molecule has 1 N–H and O–H groups in total. The van der Waals surface area contributed by atoms with E-state index in [1.165, 1.54) is 17.7 Å². The first-order valence-electron chi connectivity index (χ1n) is 10.3. The number of rotatable bonds is 7. The Morgan fingerprint density at radius 2 is 1.66 bits per heavy atom. The molecule has 5 heteroatoms. The third kappa shape index (κ3) is 5.38. The zero-order chi connectivity index (χ0) is 22.3.